The number of aryl methyl sites for hydroxylation is 1. The van der Waals surface area contributed by atoms with Gasteiger partial charge in [0.2, 0.25) is 5.91 Å². The Bertz CT molecular complexity index is 2700. The van der Waals surface area contributed by atoms with Gasteiger partial charge in [0.25, 0.3) is 11.8 Å². The Morgan fingerprint density at radius 1 is 0.891 bits per heavy atom. The van der Waals surface area contributed by atoms with Crippen LogP contribution in [0.25, 0.3) is 22.4 Å². The molecule has 0 bridgehead atoms. The molecule has 9 rings (SSSR count). The molecule has 0 radical (unpaired) electrons. The van der Waals surface area contributed by atoms with Gasteiger partial charge in [0, 0.05) is 88.0 Å². The summed E-state index contributed by atoms with van der Waals surface area (Å²) in [5.41, 5.74) is 9.84. The highest BCUT2D eigenvalue weighted by Gasteiger charge is 2.34. The van der Waals surface area contributed by atoms with Crippen molar-refractivity contribution in [1.82, 2.24) is 29.0 Å². The molecule has 4 aromatic carbocycles. The topological polar surface area (TPSA) is 114 Å². The molecule has 330 valence electrons. The van der Waals surface area contributed by atoms with Gasteiger partial charge in [-0.25, -0.2) is 4.39 Å². The van der Waals surface area contributed by atoms with Crippen LogP contribution in [0.1, 0.15) is 61.2 Å². The smallest absolute Gasteiger partial charge is 0.258 e. The van der Waals surface area contributed by atoms with E-state index < -0.39 is 5.82 Å². The number of fused-ring (bicyclic) bond motifs is 2. The Morgan fingerprint density at radius 2 is 1.64 bits per heavy atom. The standard InChI is InChI=1S/C51H54FN7O5/c1-33-25-37-7-5-6-8-39(37)31-59(33)51(62)45-28-40-30-58(46(60)26-35-9-15-43(16-10-35)64-24-21-57-19-22-63-23-20-57)18-17-38(40)27-44(45)49-48(36-11-13-41(52)14-12-36)47(34(2)56(49)4)50(61)54-42-29-53-55(3)32-42/h5-16,27-29,32-33H,17-26,30-31H2,1-4H3,(H,54,61)/t33-/m1/s1. The summed E-state index contributed by atoms with van der Waals surface area (Å²) in [6.45, 7) is 10.0. The number of halogens is 1. The van der Waals surface area contributed by atoms with Crippen LogP contribution in [0.2, 0.25) is 0 Å². The first-order valence-corrected chi connectivity index (χ1v) is 22.1. The molecule has 3 aliphatic rings. The fraction of sp³-hybridized carbons (Fsp3) is 0.333. The van der Waals surface area contributed by atoms with Crippen molar-refractivity contribution in [3.8, 4) is 28.1 Å². The molecule has 0 unspecified atom stereocenters. The van der Waals surface area contributed by atoms with Gasteiger partial charge in [0.1, 0.15) is 18.2 Å². The van der Waals surface area contributed by atoms with Crippen molar-refractivity contribution in [2.75, 3.05) is 51.3 Å². The third-order valence-electron chi connectivity index (χ3n) is 13.0. The zero-order valence-electron chi connectivity index (χ0n) is 36.9. The molecule has 3 amide bonds. The molecule has 0 spiro atoms. The highest BCUT2D eigenvalue weighted by atomic mass is 19.1. The summed E-state index contributed by atoms with van der Waals surface area (Å²) in [4.78, 5) is 49.7. The fourth-order valence-electron chi connectivity index (χ4n) is 9.38. The van der Waals surface area contributed by atoms with E-state index in [9.17, 15) is 14.0 Å². The molecule has 6 aromatic rings. The minimum absolute atomic E-state index is 0.00535. The third-order valence-corrected chi connectivity index (χ3v) is 13.0. The predicted octanol–water partition coefficient (Wildman–Crippen LogP) is 7.22. The highest BCUT2D eigenvalue weighted by molar-refractivity contribution is 6.13. The van der Waals surface area contributed by atoms with Crippen LogP contribution in [0.4, 0.5) is 10.1 Å². The molecular weight excluding hydrogens is 810 g/mol. The summed E-state index contributed by atoms with van der Waals surface area (Å²) in [5.74, 6) is -0.109. The molecular formula is C51H54FN7O5. The lowest BCUT2D eigenvalue weighted by Crippen LogP contribution is -2.43. The maximum absolute atomic E-state index is 15.3. The van der Waals surface area contributed by atoms with Crippen LogP contribution < -0.4 is 10.1 Å². The number of amides is 3. The average molecular weight is 864 g/mol. The summed E-state index contributed by atoms with van der Waals surface area (Å²) >= 11 is 0. The van der Waals surface area contributed by atoms with E-state index in [0.717, 1.165) is 67.3 Å². The Labute approximate surface area is 373 Å². The quantitative estimate of drug-likeness (QED) is 0.146. The number of nitrogens with zero attached hydrogens (tertiary/aromatic N) is 6. The second-order valence-electron chi connectivity index (χ2n) is 17.2. The van der Waals surface area contributed by atoms with E-state index in [1.165, 1.54) is 17.7 Å². The molecule has 1 saturated heterocycles. The second kappa shape index (κ2) is 18.3. The average Bonchev–Trinajstić information content (AvgIpc) is 3.83. The minimum atomic E-state index is -0.399. The van der Waals surface area contributed by atoms with Crippen molar-refractivity contribution in [3.63, 3.8) is 0 Å². The lowest BCUT2D eigenvalue weighted by Gasteiger charge is -2.36. The van der Waals surface area contributed by atoms with Gasteiger partial charge in [-0.2, -0.15) is 5.10 Å². The van der Waals surface area contributed by atoms with Crippen LogP contribution in [-0.2, 0) is 56.0 Å². The van der Waals surface area contributed by atoms with Crippen LogP contribution in [-0.4, -0.2) is 98.8 Å². The first-order valence-electron chi connectivity index (χ1n) is 22.1. The van der Waals surface area contributed by atoms with Crippen LogP contribution in [0.15, 0.2) is 97.3 Å². The van der Waals surface area contributed by atoms with Crippen LogP contribution in [0.3, 0.4) is 0 Å². The number of aromatic nitrogens is 3. The highest BCUT2D eigenvalue weighted by Crippen LogP contribution is 2.43. The van der Waals surface area contributed by atoms with E-state index in [4.69, 9.17) is 9.47 Å². The maximum atomic E-state index is 15.3. The van der Waals surface area contributed by atoms with Gasteiger partial charge in [-0.3, -0.25) is 24.0 Å². The van der Waals surface area contributed by atoms with Gasteiger partial charge in [0.05, 0.1) is 42.8 Å². The molecule has 0 aliphatic carbocycles. The molecule has 64 heavy (non-hydrogen) atoms. The number of carbonyl (C=O) groups is 3. The summed E-state index contributed by atoms with van der Waals surface area (Å²) in [7, 11) is 3.68. The Morgan fingerprint density at radius 3 is 2.38 bits per heavy atom. The first-order chi connectivity index (χ1) is 31.0. The number of benzene rings is 4. The molecule has 13 heteroatoms. The molecule has 5 heterocycles. The van der Waals surface area contributed by atoms with Gasteiger partial charge in [-0.05, 0) is 96.5 Å². The number of ether oxygens (including phenoxy) is 2. The van der Waals surface area contributed by atoms with Gasteiger partial charge in [-0.1, -0.05) is 48.5 Å². The van der Waals surface area contributed by atoms with Crippen molar-refractivity contribution < 1.29 is 28.2 Å². The van der Waals surface area contributed by atoms with Crippen molar-refractivity contribution in [2.45, 2.75) is 52.2 Å². The van der Waals surface area contributed by atoms with Crippen molar-refractivity contribution in [2.24, 2.45) is 14.1 Å². The monoisotopic (exact) mass is 863 g/mol. The van der Waals surface area contributed by atoms with E-state index in [-0.39, 0.29) is 30.2 Å². The number of hydrogen-bond donors (Lipinski definition) is 1. The lowest BCUT2D eigenvalue weighted by atomic mass is 9.87. The molecule has 1 fully saturated rings. The molecule has 3 aliphatic heterocycles. The van der Waals surface area contributed by atoms with Gasteiger partial charge in [0.15, 0.2) is 0 Å². The van der Waals surface area contributed by atoms with Crippen molar-refractivity contribution >= 4 is 23.4 Å². The third kappa shape index (κ3) is 8.82. The fourth-order valence-corrected chi connectivity index (χ4v) is 9.38. The molecule has 0 saturated carbocycles. The van der Waals surface area contributed by atoms with E-state index in [0.29, 0.717) is 77.6 Å². The largest absolute Gasteiger partial charge is 0.492 e. The SMILES string of the molecule is Cc1c(C(=O)Nc2cnn(C)c2)c(-c2ccc(F)cc2)c(-c2cc3c(cc2C(=O)N2Cc4ccccc4C[C@H]2C)CN(C(=O)Cc2ccc(OCCN4CCOCC4)cc2)CC3)n1C. The van der Waals surface area contributed by atoms with Crippen LogP contribution in [0, 0.1) is 12.7 Å². The van der Waals surface area contributed by atoms with Crippen LogP contribution >= 0.6 is 0 Å². The van der Waals surface area contributed by atoms with E-state index in [2.05, 4.69) is 40.4 Å². The van der Waals surface area contributed by atoms with Gasteiger partial charge in [-0.15, -0.1) is 0 Å². The molecule has 1 atom stereocenters. The van der Waals surface area contributed by atoms with Crippen LogP contribution in [0.5, 0.6) is 5.75 Å². The number of rotatable bonds is 11. The van der Waals surface area contributed by atoms with E-state index in [1.807, 2.05) is 70.8 Å². The lowest BCUT2D eigenvalue weighted by molar-refractivity contribution is -0.131. The zero-order chi connectivity index (χ0) is 44.5. The number of hydrogen-bond acceptors (Lipinski definition) is 7. The molecule has 2 aromatic heterocycles. The minimum Gasteiger partial charge on any atom is -0.492 e. The zero-order valence-corrected chi connectivity index (χ0v) is 36.9. The van der Waals surface area contributed by atoms with Crippen molar-refractivity contribution in [3.05, 3.63) is 148 Å². The number of anilines is 1. The number of carbonyl (C=O) groups excluding carboxylic acids is 3. The first kappa shape index (κ1) is 42.7. The Balaban J connectivity index is 1.05. The molecule has 12 nitrogen and oxygen atoms in total. The van der Waals surface area contributed by atoms with E-state index in [1.54, 1.807) is 36.3 Å². The summed E-state index contributed by atoms with van der Waals surface area (Å²) in [6.07, 6.45) is 4.85. The Hall–Kier alpha value is -6.57. The Kier molecular flexibility index (Phi) is 12.2. The summed E-state index contributed by atoms with van der Waals surface area (Å²) in [5, 5.41) is 7.23. The normalized spacial score (nSPS) is 16.3. The predicted molar refractivity (Wildman–Crippen MR) is 244 cm³/mol. The van der Waals surface area contributed by atoms with Gasteiger partial charge < -0.3 is 29.2 Å². The van der Waals surface area contributed by atoms with E-state index >= 15 is 4.79 Å². The second-order valence-corrected chi connectivity index (χ2v) is 17.2. The summed E-state index contributed by atoms with van der Waals surface area (Å²) in [6, 6.07) is 26.1. The number of nitrogens with one attached hydrogen (secondary N) is 1. The summed E-state index contributed by atoms with van der Waals surface area (Å²) < 4.78 is 29.5. The maximum Gasteiger partial charge on any atom is 0.258 e. The number of morpholine rings is 1. The van der Waals surface area contributed by atoms with Gasteiger partial charge >= 0.3 is 0 Å². The van der Waals surface area contributed by atoms with Crippen molar-refractivity contribution in [1.29, 1.82) is 0 Å². The molecule has 1 N–H and O–H groups in total.